The van der Waals surface area contributed by atoms with Crippen molar-refractivity contribution in [1.82, 2.24) is 0 Å². The number of nitrogens with zero attached hydrogens (tertiary/aromatic N) is 1. The van der Waals surface area contributed by atoms with Crippen LogP contribution in [-0.4, -0.2) is 38.2 Å². The van der Waals surface area contributed by atoms with E-state index in [-0.39, 0.29) is 25.2 Å². The van der Waals surface area contributed by atoms with E-state index in [1.165, 1.54) is 0 Å². The van der Waals surface area contributed by atoms with Crippen molar-refractivity contribution in [1.29, 1.82) is 0 Å². The van der Waals surface area contributed by atoms with E-state index in [2.05, 4.69) is 0 Å². The highest BCUT2D eigenvalue weighted by Crippen LogP contribution is 2.51. The van der Waals surface area contributed by atoms with Crippen LogP contribution in [0.4, 0.5) is 5.69 Å². The fourth-order valence-electron chi connectivity index (χ4n) is 5.23. The number of ether oxygens (including phenoxy) is 3. The van der Waals surface area contributed by atoms with Gasteiger partial charge in [0.15, 0.2) is 0 Å². The Morgan fingerprint density at radius 1 is 0.943 bits per heavy atom. The average molecular weight is 478 g/mol. The summed E-state index contributed by atoms with van der Waals surface area (Å²) in [4.78, 5) is 41.4. The summed E-state index contributed by atoms with van der Waals surface area (Å²) >= 11 is 0. The van der Waals surface area contributed by atoms with Gasteiger partial charge in [0.25, 0.3) is 0 Å². The van der Waals surface area contributed by atoms with Gasteiger partial charge in [-0.25, -0.2) is 0 Å². The van der Waals surface area contributed by atoms with E-state index in [1.54, 1.807) is 25.9 Å². The number of rotatable bonds is 8. The van der Waals surface area contributed by atoms with Crippen LogP contribution in [0.15, 0.2) is 66.7 Å². The molecule has 7 nitrogen and oxygen atoms in total. The van der Waals surface area contributed by atoms with Crippen molar-refractivity contribution < 1.29 is 28.6 Å². The molecule has 35 heavy (non-hydrogen) atoms. The van der Waals surface area contributed by atoms with E-state index in [0.717, 1.165) is 11.3 Å². The third kappa shape index (κ3) is 4.67. The molecule has 2 aliphatic rings. The second-order valence-electron chi connectivity index (χ2n) is 8.67. The molecule has 0 spiro atoms. The van der Waals surface area contributed by atoms with Crippen LogP contribution in [-0.2, 0) is 23.9 Å². The SMILES string of the molecule is CCOC(=O)[C@H]1[C@H]([C@@H]2C(=O)N(c3ccccc3)[C@H]2c2ccc(OC)cc2)C=CC[C@@H]1C(=O)OCC. The van der Waals surface area contributed by atoms with Gasteiger partial charge in [-0.05, 0) is 50.1 Å². The number of carbonyl (C=O) groups is 3. The lowest BCUT2D eigenvalue weighted by atomic mass is 9.64. The lowest BCUT2D eigenvalue weighted by molar-refractivity contribution is -0.164. The number of hydrogen-bond donors (Lipinski definition) is 0. The Bertz CT molecular complexity index is 1080. The maximum atomic E-state index is 13.7. The molecule has 1 heterocycles. The number of β-lactam (4-membered cyclic amide) rings is 1. The summed E-state index contributed by atoms with van der Waals surface area (Å²) in [5.74, 6) is -2.82. The quantitative estimate of drug-likeness (QED) is 0.320. The number of allylic oxidation sites excluding steroid dienone is 2. The Morgan fingerprint density at radius 3 is 2.23 bits per heavy atom. The van der Waals surface area contributed by atoms with E-state index in [9.17, 15) is 14.4 Å². The molecule has 2 aromatic carbocycles. The Kier molecular flexibility index (Phi) is 7.54. The molecular weight excluding hydrogens is 446 g/mol. The van der Waals surface area contributed by atoms with Crippen molar-refractivity contribution in [3.63, 3.8) is 0 Å². The highest BCUT2D eigenvalue weighted by Gasteiger charge is 2.57. The van der Waals surface area contributed by atoms with Gasteiger partial charge in [-0.15, -0.1) is 0 Å². The molecule has 1 saturated heterocycles. The minimum absolute atomic E-state index is 0.0922. The molecule has 1 fully saturated rings. The fraction of sp³-hybridized carbons (Fsp3) is 0.393. The number of para-hydroxylation sites is 1. The Balaban J connectivity index is 1.75. The summed E-state index contributed by atoms with van der Waals surface area (Å²) < 4.78 is 16.0. The van der Waals surface area contributed by atoms with E-state index in [1.807, 2.05) is 66.7 Å². The monoisotopic (exact) mass is 477 g/mol. The van der Waals surface area contributed by atoms with Gasteiger partial charge in [-0.1, -0.05) is 42.5 Å². The number of benzene rings is 2. The van der Waals surface area contributed by atoms with Crippen LogP contribution in [0.25, 0.3) is 0 Å². The molecular formula is C28H31NO6. The minimum atomic E-state index is -0.799. The van der Waals surface area contributed by atoms with Crippen molar-refractivity contribution >= 4 is 23.5 Å². The van der Waals surface area contributed by atoms with Gasteiger partial charge in [0.2, 0.25) is 5.91 Å². The van der Waals surface area contributed by atoms with Gasteiger partial charge in [-0.2, -0.15) is 0 Å². The summed E-state index contributed by atoms with van der Waals surface area (Å²) in [6, 6.07) is 16.7. The highest BCUT2D eigenvalue weighted by atomic mass is 16.5. The fourth-order valence-corrected chi connectivity index (χ4v) is 5.23. The standard InChI is InChI=1S/C28H31NO6/c1-4-34-27(31)22-13-9-12-21(23(22)28(32)35-5-2)24-25(18-14-16-20(33-3)17-15-18)29(26(24)30)19-10-7-6-8-11-19/h6-12,14-17,21-25H,4-5,13H2,1-3H3/t21-,22+,23+,24+,25+/m1/s1. The van der Waals surface area contributed by atoms with Crippen LogP contribution in [0.3, 0.4) is 0 Å². The van der Waals surface area contributed by atoms with E-state index < -0.39 is 35.6 Å². The first-order chi connectivity index (χ1) is 17.0. The molecule has 0 saturated carbocycles. The van der Waals surface area contributed by atoms with Gasteiger partial charge >= 0.3 is 11.9 Å². The lowest BCUT2D eigenvalue weighted by Gasteiger charge is -2.52. The number of methoxy groups -OCH3 is 1. The van der Waals surface area contributed by atoms with Crippen molar-refractivity contribution in [2.45, 2.75) is 26.3 Å². The van der Waals surface area contributed by atoms with Gasteiger partial charge in [0, 0.05) is 11.6 Å². The second kappa shape index (κ2) is 10.8. The smallest absolute Gasteiger partial charge is 0.310 e. The van der Waals surface area contributed by atoms with Crippen LogP contribution in [0.2, 0.25) is 0 Å². The normalized spacial score (nSPS) is 25.5. The third-order valence-corrected chi connectivity index (χ3v) is 6.79. The molecule has 1 amide bonds. The predicted octanol–water partition coefficient (Wildman–Crippen LogP) is 4.33. The van der Waals surface area contributed by atoms with Gasteiger partial charge in [-0.3, -0.25) is 14.4 Å². The number of carbonyl (C=O) groups excluding carboxylic acids is 3. The highest BCUT2D eigenvalue weighted by molar-refractivity contribution is 6.04. The zero-order valence-electron chi connectivity index (χ0n) is 20.3. The molecule has 2 aromatic rings. The maximum Gasteiger partial charge on any atom is 0.310 e. The van der Waals surface area contributed by atoms with E-state index in [0.29, 0.717) is 12.2 Å². The third-order valence-electron chi connectivity index (χ3n) is 6.79. The molecule has 7 heteroatoms. The van der Waals surface area contributed by atoms with Crippen LogP contribution < -0.4 is 9.64 Å². The van der Waals surface area contributed by atoms with Gasteiger partial charge in [0.1, 0.15) is 5.75 Å². The zero-order chi connectivity index (χ0) is 24.9. The molecule has 184 valence electrons. The van der Waals surface area contributed by atoms with E-state index >= 15 is 0 Å². The predicted molar refractivity (Wildman–Crippen MR) is 131 cm³/mol. The summed E-state index contributed by atoms with van der Waals surface area (Å²) in [6.45, 7) is 3.88. The zero-order valence-corrected chi connectivity index (χ0v) is 20.3. The van der Waals surface area contributed by atoms with E-state index in [4.69, 9.17) is 14.2 Å². The average Bonchev–Trinajstić information content (AvgIpc) is 2.88. The maximum absolute atomic E-state index is 13.7. The topological polar surface area (TPSA) is 82.1 Å². The molecule has 0 N–H and O–H groups in total. The largest absolute Gasteiger partial charge is 0.497 e. The summed E-state index contributed by atoms with van der Waals surface area (Å²) in [6.07, 6.45) is 4.15. The molecule has 0 radical (unpaired) electrons. The first-order valence-corrected chi connectivity index (χ1v) is 12.0. The number of hydrogen-bond acceptors (Lipinski definition) is 6. The molecule has 1 aliphatic carbocycles. The van der Waals surface area contributed by atoms with Crippen LogP contribution in [0, 0.1) is 23.7 Å². The van der Waals surface area contributed by atoms with Gasteiger partial charge < -0.3 is 19.1 Å². The molecule has 4 rings (SSSR count). The van der Waals surface area contributed by atoms with Gasteiger partial charge in [0.05, 0.1) is 44.1 Å². The number of amides is 1. The summed E-state index contributed by atoms with van der Waals surface area (Å²) in [7, 11) is 1.60. The second-order valence-corrected chi connectivity index (χ2v) is 8.67. The van der Waals surface area contributed by atoms with Crippen LogP contribution in [0.1, 0.15) is 31.9 Å². The first kappa shape index (κ1) is 24.5. The Labute approximate surface area is 205 Å². The summed E-state index contributed by atoms with van der Waals surface area (Å²) in [5.41, 5.74) is 1.71. The number of anilines is 1. The van der Waals surface area contributed by atoms with Crippen molar-refractivity contribution in [3.8, 4) is 5.75 Å². The molecule has 5 atom stereocenters. The lowest BCUT2D eigenvalue weighted by Crippen LogP contribution is -2.60. The van der Waals surface area contributed by atoms with Crippen molar-refractivity contribution in [2.75, 3.05) is 25.2 Å². The molecule has 0 unspecified atom stereocenters. The molecule has 0 bridgehead atoms. The van der Waals surface area contributed by atoms with Crippen LogP contribution in [0.5, 0.6) is 5.75 Å². The van der Waals surface area contributed by atoms with Crippen molar-refractivity contribution in [3.05, 3.63) is 72.3 Å². The minimum Gasteiger partial charge on any atom is -0.497 e. The summed E-state index contributed by atoms with van der Waals surface area (Å²) in [5, 5.41) is 0. The van der Waals surface area contributed by atoms with Crippen LogP contribution >= 0.6 is 0 Å². The van der Waals surface area contributed by atoms with Crippen molar-refractivity contribution in [2.24, 2.45) is 23.7 Å². The Hall–Kier alpha value is -3.61. The number of esters is 2. The molecule has 0 aromatic heterocycles. The molecule has 1 aliphatic heterocycles. The first-order valence-electron chi connectivity index (χ1n) is 12.0. The Morgan fingerprint density at radius 2 is 1.60 bits per heavy atom.